The van der Waals surface area contributed by atoms with Crippen molar-refractivity contribution in [3.8, 4) is 0 Å². The maximum absolute atomic E-state index is 15.4. The van der Waals surface area contributed by atoms with Crippen molar-refractivity contribution < 1.29 is 176 Å². The summed E-state index contributed by atoms with van der Waals surface area (Å²) in [6, 6.07) is 47.0. The van der Waals surface area contributed by atoms with Crippen molar-refractivity contribution in [3.63, 3.8) is 0 Å². The lowest BCUT2D eigenvalue weighted by Gasteiger charge is -2.44. The van der Waals surface area contributed by atoms with Gasteiger partial charge in [-0.1, -0.05) is 166 Å². The Hall–Kier alpha value is -11.6. The molecule has 0 aliphatic rings. The molecule has 14 rings (SSSR count). The largest absolute Gasteiger partial charge is 0.221 e. The molecule has 0 saturated carbocycles. The molecular formula is C96H56B2F40S5. The Morgan fingerprint density at radius 1 is 0.161 bits per heavy atom. The van der Waals surface area contributed by atoms with E-state index >= 15 is 70.2 Å². The van der Waals surface area contributed by atoms with Crippen LogP contribution in [0.25, 0.3) is 0 Å². The zero-order valence-electron chi connectivity index (χ0n) is 73.9. The third-order valence-electron chi connectivity index (χ3n) is 23.0. The summed E-state index contributed by atoms with van der Waals surface area (Å²) < 4.78 is 593. The summed E-state index contributed by atoms with van der Waals surface area (Å²) in [4.78, 5) is 5.49. The zero-order chi connectivity index (χ0) is 107. The standard InChI is InChI=1S/C48H56S5.2C24BF20/c1-45(2,3)33-13-21-37(22-14-33)52(38-23-15-34(16-24-38)46(4,5)6)43-31-29-41(50-43)49-42-30-32-44(51-42)53(39-25-17-35(18-26-39)47(7,8)9)40-27-19-36(20-28-40)48(10,11)12;2*26-5-1(6(27)14(35)21(42)13(5)34)25(2-7(28)15(36)22(43)16(37)8(2)29,3-9(30)17(38)23(44)18(39)10(3)31)4-11(32)19(40)24(45)20(41)12(4)33/h13-32H,1-12H3;;/q+2;2*-1. The molecule has 0 N–H and O–H groups in total. The molecule has 0 atom stereocenters. The maximum Gasteiger partial charge on any atom is 0.221 e. The van der Waals surface area contributed by atoms with Crippen molar-refractivity contribution in [1.29, 1.82) is 0 Å². The molecule has 0 radical (unpaired) electrons. The lowest BCUT2D eigenvalue weighted by molar-refractivity contribution is 0.377. The van der Waals surface area contributed by atoms with Crippen LogP contribution < -0.4 is 43.7 Å². The molecule has 12 aromatic carbocycles. The maximum atomic E-state index is 15.4. The zero-order valence-corrected chi connectivity index (χ0v) is 77.9. The molecule has 756 valence electrons. The normalized spacial score (nSPS) is 12.3. The first kappa shape index (κ1) is 110. The molecule has 0 saturated heterocycles. The molecule has 0 bridgehead atoms. The van der Waals surface area contributed by atoms with Gasteiger partial charge in [-0.2, -0.15) is 0 Å². The minimum absolute atomic E-state index is 0.128. The topological polar surface area (TPSA) is 0 Å². The highest BCUT2D eigenvalue weighted by Gasteiger charge is 2.56. The van der Waals surface area contributed by atoms with Crippen LogP contribution in [-0.4, -0.2) is 12.3 Å². The van der Waals surface area contributed by atoms with Gasteiger partial charge in [0, 0.05) is 12.1 Å². The molecule has 0 nitrogen and oxygen atoms in total. The fourth-order valence-corrected chi connectivity index (χ4v) is 25.1. The number of thiophene rings is 2. The van der Waals surface area contributed by atoms with Gasteiger partial charge >= 0.3 is 0 Å². The first-order valence-electron chi connectivity index (χ1n) is 40.4. The van der Waals surface area contributed by atoms with Crippen LogP contribution in [0.5, 0.6) is 0 Å². The Morgan fingerprint density at radius 2 is 0.273 bits per heavy atom. The number of benzene rings is 12. The van der Waals surface area contributed by atoms with E-state index in [2.05, 4.69) is 204 Å². The van der Waals surface area contributed by atoms with Crippen molar-refractivity contribution in [2.75, 3.05) is 0 Å². The van der Waals surface area contributed by atoms with Crippen molar-refractivity contribution in [3.05, 3.63) is 376 Å². The molecule has 0 amide bonds. The summed E-state index contributed by atoms with van der Waals surface area (Å²) in [5, 5.41) is 0. The van der Waals surface area contributed by atoms with Gasteiger partial charge < -0.3 is 0 Å². The smallest absolute Gasteiger partial charge is 0.207 e. The molecule has 47 heteroatoms. The van der Waals surface area contributed by atoms with Gasteiger partial charge in [0.05, 0.1) is 8.42 Å². The van der Waals surface area contributed by atoms with E-state index in [9.17, 15) is 105 Å². The minimum Gasteiger partial charge on any atom is -0.207 e. The van der Waals surface area contributed by atoms with E-state index in [0.29, 0.717) is 0 Å². The Morgan fingerprint density at radius 3 is 0.385 bits per heavy atom. The van der Waals surface area contributed by atoms with Gasteiger partial charge in [0.25, 0.3) is 0 Å². The third kappa shape index (κ3) is 18.8. The second kappa shape index (κ2) is 40.1. The van der Waals surface area contributed by atoms with E-state index in [4.69, 9.17) is 0 Å². The van der Waals surface area contributed by atoms with Crippen LogP contribution in [0.4, 0.5) is 176 Å². The first-order valence-corrected chi connectivity index (χ1v) is 45.3. The molecule has 14 aromatic rings. The molecule has 2 aromatic heterocycles. The Balaban J connectivity index is 0.000000192. The molecule has 0 spiro atoms. The highest BCUT2D eigenvalue weighted by atomic mass is 32.2. The Labute approximate surface area is 801 Å². The van der Waals surface area contributed by atoms with Crippen molar-refractivity contribution >= 4 is 112 Å². The van der Waals surface area contributed by atoms with Gasteiger partial charge in [-0.3, -0.25) is 0 Å². The molecule has 0 unspecified atom stereocenters. The van der Waals surface area contributed by atoms with Crippen molar-refractivity contribution in [2.45, 2.75) is 141 Å². The number of rotatable bonds is 16. The predicted octanol–water partition coefficient (Wildman–Crippen LogP) is 27.0. The lowest BCUT2D eigenvalue weighted by Crippen LogP contribution is -2.81. The van der Waals surface area contributed by atoms with Gasteiger partial charge in [-0.15, -0.1) is 43.7 Å². The van der Waals surface area contributed by atoms with E-state index < -0.39 is 289 Å². The molecule has 0 fully saturated rings. The summed E-state index contributed by atoms with van der Waals surface area (Å²) >= 11 is 5.81. The summed E-state index contributed by atoms with van der Waals surface area (Å²) in [6.07, 6.45) is -14.4. The van der Waals surface area contributed by atoms with E-state index in [-0.39, 0.29) is 43.4 Å². The molecule has 0 aliphatic carbocycles. The molecule has 143 heavy (non-hydrogen) atoms. The second-order valence-electron chi connectivity index (χ2n) is 35.6. The van der Waals surface area contributed by atoms with Crippen LogP contribution in [0.1, 0.15) is 105 Å². The van der Waals surface area contributed by atoms with Crippen LogP contribution in [-0.2, 0) is 43.4 Å². The SMILES string of the molecule is CC(C)(C)c1ccc([S+](c2ccc(C(C)(C)C)cc2)c2ccc(Sc3ccc([S+](c4ccc(C(C)(C)C)cc4)c4ccc(C(C)(C)C)cc4)s3)s2)cc1.Fc1c(F)c(F)c([B-](c2c(F)c(F)c(F)c(F)c2F)(c2c(F)c(F)c(F)c(F)c2F)c2c(F)c(F)c(F)c(F)c2F)c(F)c1F.Fc1c(F)c(F)c([B-](c2c(F)c(F)c(F)c(F)c2F)(c2c(F)c(F)c(F)c(F)c2F)c2c(F)c(F)c(F)c(F)c2F)c(F)c1F. The number of hydrogen-bond donors (Lipinski definition) is 0. The van der Waals surface area contributed by atoms with Crippen molar-refractivity contribution in [1.82, 2.24) is 0 Å². The van der Waals surface area contributed by atoms with Crippen molar-refractivity contribution in [2.24, 2.45) is 0 Å². The fraction of sp³-hybridized carbons (Fsp3) is 0.167. The highest BCUT2D eigenvalue weighted by Crippen LogP contribution is 2.47. The quantitative estimate of drug-likeness (QED) is 0.0305. The Bertz CT molecular complexity index is 6120. The average molecular weight is 2150 g/mol. The molecular weight excluding hydrogens is 2090 g/mol. The first-order chi connectivity index (χ1) is 66.2. The van der Waals surface area contributed by atoms with E-state index in [1.54, 1.807) is 0 Å². The number of halogens is 40. The summed E-state index contributed by atoms with van der Waals surface area (Å²) in [5.41, 5.74) is -22.7. The van der Waals surface area contributed by atoms with Gasteiger partial charge in [0.15, 0.2) is 159 Å². The van der Waals surface area contributed by atoms with E-state index in [1.165, 1.54) is 58.7 Å². The summed E-state index contributed by atoms with van der Waals surface area (Å²) in [5.74, 6) is -143. The van der Waals surface area contributed by atoms with E-state index in [1.807, 2.05) is 34.4 Å². The molecule has 0 aliphatic heterocycles. The van der Waals surface area contributed by atoms with Crippen LogP contribution in [0.2, 0.25) is 0 Å². The van der Waals surface area contributed by atoms with Gasteiger partial charge in [0.1, 0.15) is 127 Å². The monoisotopic (exact) mass is 2150 g/mol. The average Bonchev–Trinajstić information content (AvgIpc) is 1.00. The van der Waals surface area contributed by atoms with Crippen LogP contribution >= 0.6 is 34.4 Å². The summed E-state index contributed by atoms with van der Waals surface area (Å²) in [6.45, 7) is 27.5. The second-order valence-corrected chi connectivity index (χ2v) is 43.8. The highest BCUT2D eigenvalue weighted by molar-refractivity contribution is 8.04. The van der Waals surface area contributed by atoms with Gasteiger partial charge in [-0.05, 0) is 105 Å². The summed E-state index contributed by atoms with van der Waals surface area (Å²) in [7, 11) is -0.362. The lowest BCUT2D eigenvalue weighted by atomic mass is 9.12. The fourth-order valence-electron chi connectivity index (χ4n) is 15.9. The third-order valence-corrected chi connectivity index (χ3v) is 31.5. The van der Waals surface area contributed by atoms with E-state index in [0.717, 1.165) is 0 Å². The van der Waals surface area contributed by atoms with Crippen LogP contribution in [0.15, 0.2) is 158 Å². The van der Waals surface area contributed by atoms with Crippen LogP contribution in [0.3, 0.4) is 0 Å². The predicted molar refractivity (Wildman–Crippen MR) is 456 cm³/mol. The minimum atomic E-state index is -7.22. The van der Waals surface area contributed by atoms with Crippen LogP contribution in [0, 0.1) is 233 Å². The van der Waals surface area contributed by atoms with Gasteiger partial charge in [-0.25, -0.2) is 176 Å². The Kier molecular flexibility index (Phi) is 30.9. The van der Waals surface area contributed by atoms with Gasteiger partial charge in [0.2, 0.25) is 8.42 Å². The molecule has 2 heterocycles. The number of hydrogen-bond acceptors (Lipinski definition) is 3.